The molecule has 0 aliphatic rings. The van der Waals surface area contributed by atoms with Gasteiger partial charge in [-0.2, -0.15) is 0 Å². The maximum atomic E-state index is 11.5. The Morgan fingerprint density at radius 2 is 1.93 bits per heavy atom. The second kappa shape index (κ2) is 5.35. The zero-order chi connectivity index (χ0) is 11.4. The van der Waals surface area contributed by atoms with E-state index in [4.69, 9.17) is 4.74 Å². The topological polar surface area (TPSA) is 29.5 Å². The highest BCUT2D eigenvalue weighted by Gasteiger charge is 2.32. The van der Waals surface area contributed by atoms with E-state index in [1.165, 1.54) is 7.11 Å². The average Bonchev–Trinajstić information content (AvgIpc) is 2.12. The number of likely N-dealkylation sites (N-methyl/N-ethyl adjacent to an activating group) is 1. The first-order valence-corrected chi connectivity index (χ1v) is 5.12. The summed E-state index contributed by atoms with van der Waals surface area (Å²) in [5.74, 6) is 0.481. The Morgan fingerprint density at radius 1 is 1.43 bits per heavy atom. The molecular weight excluding hydrogens is 178 g/mol. The number of esters is 1. The van der Waals surface area contributed by atoms with Crippen molar-refractivity contribution in [3.05, 3.63) is 0 Å². The van der Waals surface area contributed by atoms with Crippen LogP contribution in [0.25, 0.3) is 0 Å². The molecular formula is C11H23NO2. The lowest BCUT2D eigenvalue weighted by molar-refractivity contribution is -0.152. The minimum Gasteiger partial charge on any atom is -0.468 e. The summed E-state index contributed by atoms with van der Waals surface area (Å²) >= 11 is 0. The summed E-state index contributed by atoms with van der Waals surface area (Å²) < 4.78 is 4.76. The van der Waals surface area contributed by atoms with Crippen molar-refractivity contribution in [1.29, 1.82) is 0 Å². The largest absolute Gasteiger partial charge is 0.468 e. The Kier molecular flexibility index (Phi) is 5.13. The molecule has 0 rings (SSSR count). The van der Waals surface area contributed by atoms with Crippen LogP contribution in [0.2, 0.25) is 0 Å². The van der Waals surface area contributed by atoms with E-state index in [1.54, 1.807) is 0 Å². The first-order valence-electron chi connectivity index (χ1n) is 5.12. The van der Waals surface area contributed by atoms with Crippen LogP contribution in [0.5, 0.6) is 0 Å². The second-order valence-electron chi connectivity index (χ2n) is 4.65. The standard InChI is InChI=1S/C11H23NO2/c1-9(2)7-8-12(5)11(3,4)10(13)14-6/h9H,7-8H2,1-6H3. The molecule has 0 aromatic carbocycles. The molecule has 0 radical (unpaired) electrons. The monoisotopic (exact) mass is 201 g/mol. The molecule has 0 bridgehead atoms. The van der Waals surface area contributed by atoms with E-state index < -0.39 is 5.54 Å². The zero-order valence-corrected chi connectivity index (χ0v) is 10.3. The molecule has 3 nitrogen and oxygen atoms in total. The highest BCUT2D eigenvalue weighted by Crippen LogP contribution is 2.15. The molecule has 0 aliphatic carbocycles. The third-order valence-electron chi connectivity index (χ3n) is 2.68. The number of methoxy groups -OCH3 is 1. The highest BCUT2D eigenvalue weighted by atomic mass is 16.5. The van der Waals surface area contributed by atoms with Crippen molar-refractivity contribution in [3.63, 3.8) is 0 Å². The fourth-order valence-electron chi connectivity index (χ4n) is 1.14. The second-order valence-corrected chi connectivity index (χ2v) is 4.65. The van der Waals surface area contributed by atoms with E-state index in [0.29, 0.717) is 5.92 Å². The van der Waals surface area contributed by atoms with Gasteiger partial charge >= 0.3 is 5.97 Å². The van der Waals surface area contributed by atoms with Gasteiger partial charge in [0.2, 0.25) is 0 Å². The molecule has 84 valence electrons. The lowest BCUT2D eigenvalue weighted by Gasteiger charge is -2.33. The molecule has 0 spiro atoms. The van der Waals surface area contributed by atoms with Crippen LogP contribution < -0.4 is 0 Å². The van der Waals surface area contributed by atoms with E-state index in [9.17, 15) is 4.79 Å². The summed E-state index contributed by atoms with van der Waals surface area (Å²) in [4.78, 5) is 13.5. The quantitative estimate of drug-likeness (QED) is 0.636. The molecule has 0 aromatic heterocycles. The average molecular weight is 201 g/mol. The van der Waals surface area contributed by atoms with Gasteiger partial charge in [0, 0.05) is 0 Å². The smallest absolute Gasteiger partial charge is 0.325 e. The molecule has 0 heterocycles. The Balaban J connectivity index is 4.20. The van der Waals surface area contributed by atoms with Gasteiger partial charge in [0.15, 0.2) is 0 Å². The normalized spacial score (nSPS) is 12.3. The molecule has 0 amide bonds. The number of hydrogen-bond acceptors (Lipinski definition) is 3. The molecule has 0 unspecified atom stereocenters. The fourth-order valence-corrected chi connectivity index (χ4v) is 1.14. The predicted octanol–water partition coefficient (Wildman–Crippen LogP) is 1.92. The van der Waals surface area contributed by atoms with Crippen LogP contribution in [0.15, 0.2) is 0 Å². The molecule has 0 aliphatic heterocycles. The molecule has 0 aromatic rings. The van der Waals surface area contributed by atoms with Crippen LogP contribution in [0.4, 0.5) is 0 Å². The van der Waals surface area contributed by atoms with E-state index in [2.05, 4.69) is 13.8 Å². The van der Waals surface area contributed by atoms with Gasteiger partial charge in [-0.05, 0) is 39.8 Å². The number of hydrogen-bond donors (Lipinski definition) is 0. The third kappa shape index (κ3) is 3.66. The van der Waals surface area contributed by atoms with Crippen molar-refractivity contribution >= 4 is 5.97 Å². The fraction of sp³-hybridized carbons (Fsp3) is 0.909. The van der Waals surface area contributed by atoms with Gasteiger partial charge < -0.3 is 4.74 Å². The zero-order valence-electron chi connectivity index (χ0n) is 10.3. The van der Waals surface area contributed by atoms with Gasteiger partial charge in [-0.3, -0.25) is 9.69 Å². The van der Waals surface area contributed by atoms with Crippen LogP contribution in [-0.2, 0) is 9.53 Å². The first kappa shape index (κ1) is 13.4. The Labute approximate surface area is 87.4 Å². The van der Waals surface area contributed by atoms with Crippen LogP contribution in [0, 0.1) is 5.92 Å². The van der Waals surface area contributed by atoms with Crippen molar-refractivity contribution in [2.75, 3.05) is 20.7 Å². The van der Waals surface area contributed by atoms with Gasteiger partial charge in [0.25, 0.3) is 0 Å². The lowest BCUT2D eigenvalue weighted by Crippen LogP contribution is -2.49. The van der Waals surface area contributed by atoms with Gasteiger partial charge in [0.1, 0.15) is 5.54 Å². The van der Waals surface area contributed by atoms with Crippen LogP contribution in [-0.4, -0.2) is 37.1 Å². The number of nitrogens with zero attached hydrogens (tertiary/aromatic N) is 1. The van der Waals surface area contributed by atoms with Crippen molar-refractivity contribution < 1.29 is 9.53 Å². The van der Waals surface area contributed by atoms with Crippen LogP contribution in [0.3, 0.4) is 0 Å². The number of rotatable bonds is 5. The first-order chi connectivity index (χ1) is 6.32. The van der Waals surface area contributed by atoms with Gasteiger partial charge in [-0.15, -0.1) is 0 Å². The van der Waals surface area contributed by atoms with Crippen molar-refractivity contribution in [1.82, 2.24) is 4.90 Å². The third-order valence-corrected chi connectivity index (χ3v) is 2.68. The van der Waals surface area contributed by atoms with E-state index >= 15 is 0 Å². The molecule has 0 atom stereocenters. The van der Waals surface area contributed by atoms with E-state index in [1.807, 2.05) is 25.8 Å². The van der Waals surface area contributed by atoms with Crippen molar-refractivity contribution in [2.24, 2.45) is 5.92 Å². The predicted molar refractivity (Wildman–Crippen MR) is 58.2 cm³/mol. The molecule has 0 N–H and O–H groups in total. The highest BCUT2D eigenvalue weighted by molar-refractivity contribution is 5.79. The van der Waals surface area contributed by atoms with Crippen LogP contribution >= 0.6 is 0 Å². The molecule has 3 heteroatoms. The summed E-state index contributed by atoms with van der Waals surface area (Å²) in [6, 6.07) is 0. The number of carbonyl (C=O) groups excluding carboxylic acids is 1. The minimum absolute atomic E-state index is 0.177. The van der Waals surface area contributed by atoms with E-state index in [0.717, 1.165) is 13.0 Å². The maximum absolute atomic E-state index is 11.5. The number of carbonyl (C=O) groups is 1. The minimum atomic E-state index is -0.524. The van der Waals surface area contributed by atoms with Crippen molar-refractivity contribution in [2.45, 2.75) is 39.7 Å². The van der Waals surface area contributed by atoms with Gasteiger partial charge in [-0.25, -0.2) is 0 Å². The molecule has 0 fully saturated rings. The molecule has 0 saturated carbocycles. The molecule has 14 heavy (non-hydrogen) atoms. The summed E-state index contributed by atoms with van der Waals surface area (Å²) in [7, 11) is 3.39. The molecule has 0 saturated heterocycles. The van der Waals surface area contributed by atoms with Gasteiger partial charge in [0.05, 0.1) is 7.11 Å². The Bertz CT molecular complexity index is 188. The summed E-state index contributed by atoms with van der Waals surface area (Å²) in [6.07, 6.45) is 1.09. The SMILES string of the molecule is COC(=O)C(C)(C)N(C)CCC(C)C. The Hall–Kier alpha value is -0.570. The Morgan fingerprint density at radius 3 is 2.29 bits per heavy atom. The maximum Gasteiger partial charge on any atom is 0.325 e. The summed E-state index contributed by atoms with van der Waals surface area (Å²) in [5.41, 5.74) is -0.524. The lowest BCUT2D eigenvalue weighted by atomic mass is 10.0. The van der Waals surface area contributed by atoms with Crippen molar-refractivity contribution in [3.8, 4) is 0 Å². The van der Waals surface area contributed by atoms with E-state index in [-0.39, 0.29) is 5.97 Å². The number of ether oxygens (including phenoxy) is 1. The summed E-state index contributed by atoms with van der Waals surface area (Å²) in [5, 5.41) is 0. The van der Waals surface area contributed by atoms with Crippen LogP contribution in [0.1, 0.15) is 34.1 Å². The van der Waals surface area contributed by atoms with Gasteiger partial charge in [-0.1, -0.05) is 13.8 Å². The summed E-state index contributed by atoms with van der Waals surface area (Å²) in [6.45, 7) is 9.05.